The third-order valence-electron chi connectivity index (χ3n) is 10.1. The van der Waals surface area contributed by atoms with Crippen LogP contribution in [0.3, 0.4) is 0 Å². The van der Waals surface area contributed by atoms with Crippen LogP contribution in [0.5, 0.6) is 0 Å². The maximum atomic E-state index is 13.1. The summed E-state index contributed by atoms with van der Waals surface area (Å²) in [7, 11) is 0. The summed E-state index contributed by atoms with van der Waals surface area (Å²) in [4.78, 5) is 13.1. The van der Waals surface area contributed by atoms with Crippen molar-refractivity contribution in [2.75, 3.05) is 0 Å². The molecular formula is C28H42O3. The molecule has 3 heteroatoms. The van der Waals surface area contributed by atoms with Gasteiger partial charge in [-0.25, -0.2) is 0 Å². The van der Waals surface area contributed by atoms with Crippen molar-refractivity contribution in [2.45, 2.75) is 79.4 Å². The van der Waals surface area contributed by atoms with Gasteiger partial charge in [0.1, 0.15) is 0 Å². The molecule has 31 heavy (non-hydrogen) atoms. The minimum Gasteiger partial charge on any atom is -0.393 e. The summed E-state index contributed by atoms with van der Waals surface area (Å²) in [6, 6.07) is 0. The number of fused-ring (bicyclic) bond motifs is 5. The van der Waals surface area contributed by atoms with Crippen LogP contribution in [-0.2, 0) is 4.79 Å². The molecule has 0 aliphatic heterocycles. The van der Waals surface area contributed by atoms with E-state index in [2.05, 4.69) is 46.8 Å². The minimum absolute atomic E-state index is 0.0509. The van der Waals surface area contributed by atoms with E-state index in [1.165, 1.54) is 6.42 Å². The van der Waals surface area contributed by atoms with Gasteiger partial charge in [0.15, 0.2) is 5.78 Å². The molecule has 0 aromatic heterocycles. The Morgan fingerprint density at radius 3 is 2.48 bits per heavy atom. The van der Waals surface area contributed by atoms with Crippen LogP contribution in [0.15, 0.2) is 36.0 Å². The summed E-state index contributed by atoms with van der Waals surface area (Å²) >= 11 is 0. The average molecular weight is 427 g/mol. The quantitative estimate of drug-likeness (QED) is 0.597. The van der Waals surface area contributed by atoms with Crippen molar-refractivity contribution in [2.24, 2.45) is 52.3 Å². The lowest BCUT2D eigenvalue weighted by Gasteiger charge is -2.59. The Balaban J connectivity index is 1.64. The lowest BCUT2D eigenvalue weighted by molar-refractivity contribution is -0.157. The summed E-state index contributed by atoms with van der Waals surface area (Å²) < 4.78 is 0. The number of rotatable bonds is 4. The number of hydrogen-bond acceptors (Lipinski definition) is 3. The van der Waals surface area contributed by atoms with Gasteiger partial charge < -0.3 is 10.2 Å². The fourth-order valence-electron chi connectivity index (χ4n) is 8.03. The minimum atomic E-state index is -0.770. The van der Waals surface area contributed by atoms with Gasteiger partial charge in [-0.3, -0.25) is 4.79 Å². The molecule has 10 atom stereocenters. The number of carbonyl (C=O) groups excluding carboxylic acids is 1. The molecule has 2 N–H and O–H groups in total. The normalized spacial score (nSPS) is 46.5. The molecule has 0 spiro atoms. The Labute approximate surface area is 188 Å². The van der Waals surface area contributed by atoms with Crippen molar-refractivity contribution in [3.63, 3.8) is 0 Å². The van der Waals surface area contributed by atoms with Crippen LogP contribution in [0.2, 0.25) is 0 Å². The first-order chi connectivity index (χ1) is 14.5. The van der Waals surface area contributed by atoms with E-state index < -0.39 is 17.6 Å². The van der Waals surface area contributed by atoms with Gasteiger partial charge in [0.2, 0.25) is 0 Å². The summed E-state index contributed by atoms with van der Waals surface area (Å²) in [5.41, 5.74) is 0.0992. The van der Waals surface area contributed by atoms with Crippen LogP contribution < -0.4 is 0 Å². The van der Waals surface area contributed by atoms with Crippen molar-refractivity contribution < 1.29 is 15.0 Å². The van der Waals surface area contributed by atoms with Crippen molar-refractivity contribution in [1.82, 2.24) is 0 Å². The lowest BCUT2D eigenvalue weighted by atomic mass is 9.45. The third-order valence-corrected chi connectivity index (χ3v) is 10.1. The molecule has 4 rings (SSSR count). The van der Waals surface area contributed by atoms with E-state index in [4.69, 9.17) is 0 Å². The van der Waals surface area contributed by atoms with E-state index in [1.807, 2.05) is 13.0 Å². The second kappa shape index (κ2) is 7.99. The Bertz CT molecular complexity index is 807. The van der Waals surface area contributed by atoms with E-state index >= 15 is 0 Å². The zero-order valence-electron chi connectivity index (χ0n) is 20.2. The third kappa shape index (κ3) is 3.42. The molecule has 0 aromatic carbocycles. The second-order valence-electron chi connectivity index (χ2n) is 11.9. The summed E-state index contributed by atoms with van der Waals surface area (Å²) in [5, 5.41) is 22.6. The van der Waals surface area contributed by atoms with E-state index in [9.17, 15) is 15.0 Å². The Kier molecular flexibility index (Phi) is 5.92. The fraction of sp³-hybridized carbons (Fsp3) is 0.750. The number of ketones is 1. The molecule has 4 aliphatic carbocycles. The van der Waals surface area contributed by atoms with Crippen LogP contribution >= 0.6 is 0 Å². The average Bonchev–Trinajstić information content (AvgIpc) is 3.03. The molecule has 0 bridgehead atoms. The summed E-state index contributed by atoms with van der Waals surface area (Å²) in [6.07, 6.45) is 12.8. The molecule has 0 amide bonds. The highest BCUT2D eigenvalue weighted by molar-refractivity contribution is 5.99. The van der Waals surface area contributed by atoms with Gasteiger partial charge in [-0.05, 0) is 85.2 Å². The second-order valence-corrected chi connectivity index (χ2v) is 11.9. The molecule has 172 valence electrons. The van der Waals surface area contributed by atoms with Gasteiger partial charge in [-0.15, -0.1) is 0 Å². The number of carbonyl (C=O) groups is 1. The zero-order valence-corrected chi connectivity index (χ0v) is 20.2. The van der Waals surface area contributed by atoms with Crippen LogP contribution in [0, 0.1) is 52.3 Å². The Morgan fingerprint density at radius 1 is 1.10 bits per heavy atom. The molecule has 3 saturated carbocycles. The van der Waals surface area contributed by atoms with Crippen LogP contribution in [-0.4, -0.2) is 28.2 Å². The number of hydrogen-bond donors (Lipinski definition) is 2. The van der Waals surface area contributed by atoms with E-state index in [-0.39, 0.29) is 23.0 Å². The maximum Gasteiger partial charge on any atom is 0.166 e. The maximum absolute atomic E-state index is 13.1. The van der Waals surface area contributed by atoms with Crippen LogP contribution in [0.25, 0.3) is 0 Å². The monoisotopic (exact) mass is 426 g/mol. The molecule has 4 aliphatic rings. The van der Waals surface area contributed by atoms with E-state index in [1.54, 1.807) is 12.2 Å². The first kappa shape index (κ1) is 23.0. The van der Waals surface area contributed by atoms with Gasteiger partial charge >= 0.3 is 0 Å². The molecule has 0 radical (unpaired) electrons. The molecule has 3 fully saturated rings. The molecular weight excluding hydrogens is 384 g/mol. The largest absolute Gasteiger partial charge is 0.393 e. The molecule has 0 saturated heterocycles. The van der Waals surface area contributed by atoms with Gasteiger partial charge in [-0.2, -0.15) is 0 Å². The van der Waals surface area contributed by atoms with Gasteiger partial charge in [0, 0.05) is 5.92 Å². The van der Waals surface area contributed by atoms with Gasteiger partial charge in [0.05, 0.1) is 17.6 Å². The highest BCUT2D eigenvalue weighted by Crippen LogP contribution is 2.66. The molecule has 3 nitrogen and oxygen atoms in total. The van der Waals surface area contributed by atoms with Gasteiger partial charge in [0.25, 0.3) is 0 Å². The first-order valence-corrected chi connectivity index (χ1v) is 12.5. The smallest absolute Gasteiger partial charge is 0.166 e. The van der Waals surface area contributed by atoms with E-state index in [0.717, 1.165) is 18.4 Å². The first-order valence-electron chi connectivity index (χ1n) is 12.5. The number of allylic oxidation sites excluding steroid dienone is 5. The number of aliphatic hydroxyl groups is 2. The Hall–Kier alpha value is -1.19. The highest BCUT2D eigenvalue weighted by Gasteiger charge is 2.64. The van der Waals surface area contributed by atoms with Crippen LogP contribution in [0.4, 0.5) is 0 Å². The van der Waals surface area contributed by atoms with Crippen molar-refractivity contribution in [3.8, 4) is 0 Å². The van der Waals surface area contributed by atoms with Crippen molar-refractivity contribution >= 4 is 5.78 Å². The van der Waals surface area contributed by atoms with Gasteiger partial charge in [-0.1, -0.05) is 58.9 Å². The van der Waals surface area contributed by atoms with Crippen LogP contribution in [0.1, 0.15) is 67.2 Å². The highest BCUT2D eigenvalue weighted by atomic mass is 16.3. The fourth-order valence-corrected chi connectivity index (χ4v) is 8.03. The topological polar surface area (TPSA) is 57.5 Å². The number of aliphatic hydroxyl groups excluding tert-OH is 2. The molecule has 0 heterocycles. The summed E-state index contributed by atoms with van der Waals surface area (Å²) in [6.45, 7) is 13.5. The molecule has 0 aromatic rings. The SMILES string of the molecule is CC(C)C(C)C=CC(C)C1CCC2C3CC(O)C4=CC=CC(=O)C4(C)C3C(O)CC12C. The predicted octanol–water partition coefficient (Wildman–Crippen LogP) is 5.34. The predicted molar refractivity (Wildman–Crippen MR) is 125 cm³/mol. The molecule has 10 unspecified atom stereocenters. The lowest BCUT2D eigenvalue weighted by Crippen LogP contribution is -2.60. The van der Waals surface area contributed by atoms with Crippen molar-refractivity contribution in [1.29, 1.82) is 0 Å². The Morgan fingerprint density at radius 2 is 1.81 bits per heavy atom. The zero-order chi connectivity index (χ0) is 22.7. The summed E-state index contributed by atoms with van der Waals surface area (Å²) in [5.74, 6) is 2.82. The standard InChI is InChI=1S/C28H42O3/c1-16(2)17(3)10-11-18(4)20-12-13-21-19-14-23(29)22-8-7-9-25(31)28(22,6)26(19)24(30)15-27(20,21)5/h7-11,16-21,23-24,26,29-30H,12-15H2,1-6H3. The van der Waals surface area contributed by atoms with E-state index in [0.29, 0.717) is 36.0 Å². The van der Waals surface area contributed by atoms with Crippen molar-refractivity contribution in [3.05, 3.63) is 36.0 Å².